The zero-order valence-electron chi connectivity index (χ0n) is 18.2. The van der Waals surface area contributed by atoms with Gasteiger partial charge in [0, 0.05) is 34.2 Å². The molecule has 8 nitrogen and oxygen atoms in total. The number of aryl methyl sites for hydroxylation is 1. The van der Waals surface area contributed by atoms with Gasteiger partial charge in [0.15, 0.2) is 0 Å². The molecule has 0 aliphatic carbocycles. The third kappa shape index (κ3) is 6.44. The Hall–Kier alpha value is -4.11. The summed E-state index contributed by atoms with van der Waals surface area (Å²) >= 11 is 1.62. The molecule has 0 unspecified atom stereocenters. The number of hydrogen-bond donors (Lipinski definition) is 4. The Labute approximate surface area is 196 Å². The average molecular weight is 458 g/mol. The van der Waals surface area contributed by atoms with Crippen LogP contribution in [0.15, 0.2) is 84.1 Å². The Morgan fingerprint density at radius 3 is 2.21 bits per heavy atom. The van der Waals surface area contributed by atoms with Crippen molar-refractivity contribution in [3.8, 4) is 0 Å². The van der Waals surface area contributed by atoms with Crippen molar-refractivity contribution in [2.45, 2.75) is 11.8 Å². The van der Waals surface area contributed by atoms with E-state index in [1.54, 1.807) is 24.0 Å². The number of thioether (sulfide) groups is 1. The number of carbonyl (C=O) groups excluding carboxylic acids is 1. The third-order valence-corrected chi connectivity index (χ3v) is 5.31. The van der Waals surface area contributed by atoms with Crippen LogP contribution in [0.3, 0.4) is 0 Å². The number of rotatable bonds is 7. The molecular formula is C24H23N7OS. The maximum atomic E-state index is 12.3. The molecule has 4 rings (SSSR count). The van der Waals surface area contributed by atoms with E-state index >= 15 is 0 Å². The van der Waals surface area contributed by atoms with Gasteiger partial charge >= 0.3 is 6.03 Å². The van der Waals surface area contributed by atoms with E-state index in [9.17, 15) is 4.79 Å². The Kier molecular flexibility index (Phi) is 7.01. The molecule has 33 heavy (non-hydrogen) atoms. The predicted octanol–water partition coefficient (Wildman–Crippen LogP) is 6.03. The number of benzene rings is 2. The van der Waals surface area contributed by atoms with Gasteiger partial charge in [-0.1, -0.05) is 6.07 Å². The first kappa shape index (κ1) is 22.1. The second kappa shape index (κ2) is 10.5. The molecule has 0 saturated carbocycles. The van der Waals surface area contributed by atoms with Gasteiger partial charge in [0.2, 0.25) is 0 Å². The van der Waals surface area contributed by atoms with Crippen molar-refractivity contribution in [3.63, 3.8) is 0 Å². The molecule has 0 radical (unpaired) electrons. The first-order valence-electron chi connectivity index (χ1n) is 10.2. The summed E-state index contributed by atoms with van der Waals surface area (Å²) in [5.74, 6) is 1.98. The van der Waals surface area contributed by atoms with Gasteiger partial charge in [0.05, 0.1) is 0 Å². The standard InChI is InChI=1S/C24H23N7OS/c1-16-10-11-25-21(12-16)31-23-14-22(26-15-27-23)28-17-6-8-18(9-7-17)29-24(32)30-19-4-3-5-20(13-19)33-2/h3-15H,1-2H3,(H2,29,30,32)(H2,25,26,27,28,31). The number of aromatic nitrogens is 3. The van der Waals surface area contributed by atoms with Crippen LogP contribution in [0.25, 0.3) is 0 Å². The molecule has 0 aliphatic heterocycles. The largest absolute Gasteiger partial charge is 0.340 e. The lowest BCUT2D eigenvalue weighted by Gasteiger charge is -2.11. The van der Waals surface area contributed by atoms with Crippen molar-refractivity contribution in [1.82, 2.24) is 15.0 Å². The average Bonchev–Trinajstić information content (AvgIpc) is 2.81. The number of pyridine rings is 1. The molecule has 4 N–H and O–H groups in total. The van der Waals surface area contributed by atoms with Gasteiger partial charge in [-0.3, -0.25) is 0 Å². The molecule has 2 amide bonds. The number of nitrogens with one attached hydrogen (secondary N) is 4. The molecule has 2 aromatic carbocycles. The van der Waals surface area contributed by atoms with Gasteiger partial charge in [0.1, 0.15) is 23.8 Å². The van der Waals surface area contributed by atoms with E-state index in [2.05, 4.69) is 36.2 Å². The van der Waals surface area contributed by atoms with E-state index in [0.717, 1.165) is 21.8 Å². The van der Waals surface area contributed by atoms with E-state index in [4.69, 9.17) is 0 Å². The van der Waals surface area contributed by atoms with Gasteiger partial charge in [-0.25, -0.2) is 19.7 Å². The third-order valence-electron chi connectivity index (χ3n) is 4.58. The number of anilines is 6. The van der Waals surface area contributed by atoms with Gasteiger partial charge in [0.25, 0.3) is 0 Å². The van der Waals surface area contributed by atoms with Crippen LogP contribution >= 0.6 is 11.8 Å². The van der Waals surface area contributed by atoms with Crippen molar-refractivity contribution >= 4 is 52.3 Å². The van der Waals surface area contributed by atoms with E-state index < -0.39 is 0 Å². The lowest BCUT2D eigenvalue weighted by molar-refractivity contribution is 0.262. The summed E-state index contributed by atoms with van der Waals surface area (Å²) in [5, 5.41) is 12.1. The molecule has 2 aromatic heterocycles. The molecule has 0 atom stereocenters. The summed E-state index contributed by atoms with van der Waals surface area (Å²) in [6, 6.07) is 20.4. The van der Waals surface area contributed by atoms with Gasteiger partial charge in [-0.2, -0.15) is 0 Å². The molecule has 4 aromatic rings. The highest BCUT2D eigenvalue weighted by atomic mass is 32.2. The second-order valence-corrected chi connectivity index (χ2v) is 8.03. The van der Waals surface area contributed by atoms with Crippen LogP contribution in [0.5, 0.6) is 0 Å². The topological polar surface area (TPSA) is 104 Å². The van der Waals surface area contributed by atoms with Crippen LogP contribution in [0, 0.1) is 6.92 Å². The molecule has 166 valence electrons. The minimum atomic E-state index is -0.301. The fraction of sp³-hybridized carbons (Fsp3) is 0.0833. The zero-order chi connectivity index (χ0) is 23.0. The fourth-order valence-corrected chi connectivity index (χ4v) is 3.47. The summed E-state index contributed by atoms with van der Waals surface area (Å²) in [6.07, 6.45) is 5.22. The van der Waals surface area contributed by atoms with Crippen molar-refractivity contribution < 1.29 is 4.79 Å². The number of hydrogen-bond acceptors (Lipinski definition) is 7. The minimum absolute atomic E-state index is 0.301. The highest BCUT2D eigenvalue weighted by molar-refractivity contribution is 7.98. The van der Waals surface area contributed by atoms with E-state index in [0.29, 0.717) is 23.1 Å². The number of amides is 2. The summed E-state index contributed by atoms with van der Waals surface area (Å²) in [4.78, 5) is 26.2. The lowest BCUT2D eigenvalue weighted by Crippen LogP contribution is -2.19. The SMILES string of the molecule is CSc1cccc(NC(=O)Nc2ccc(Nc3cc(Nc4cc(C)ccn4)ncn3)cc2)c1. The monoisotopic (exact) mass is 457 g/mol. The molecule has 9 heteroatoms. The van der Waals surface area contributed by atoms with Crippen LogP contribution in [-0.4, -0.2) is 27.2 Å². The number of urea groups is 1. The van der Waals surface area contributed by atoms with E-state index in [1.807, 2.05) is 73.8 Å². The smallest absolute Gasteiger partial charge is 0.323 e. The predicted molar refractivity (Wildman–Crippen MR) is 135 cm³/mol. The Morgan fingerprint density at radius 1 is 0.758 bits per heavy atom. The van der Waals surface area contributed by atoms with Gasteiger partial charge < -0.3 is 21.3 Å². The van der Waals surface area contributed by atoms with Crippen molar-refractivity contribution in [2.75, 3.05) is 27.5 Å². The second-order valence-electron chi connectivity index (χ2n) is 7.15. The number of nitrogens with zero attached hydrogens (tertiary/aromatic N) is 3. The lowest BCUT2D eigenvalue weighted by atomic mass is 10.2. The maximum absolute atomic E-state index is 12.3. The zero-order valence-corrected chi connectivity index (χ0v) is 19.0. The maximum Gasteiger partial charge on any atom is 0.323 e. The van der Waals surface area contributed by atoms with Crippen LogP contribution in [-0.2, 0) is 0 Å². The Balaban J connectivity index is 1.35. The van der Waals surface area contributed by atoms with Crippen LogP contribution in [0.2, 0.25) is 0 Å². The van der Waals surface area contributed by atoms with Gasteiger partial charge in [-0.05, 0) is 73.3 Å². The summed E-state index contributed by atoms with van der Waals surface area (Å²) in [6.45, 7) is 2.00. The highest BCUT2D eigenvalue weighted by Gasteiger charge is 2.05. The fourth-order valence-electron chi connectivity index (χ4n) is 3.01. The molecule has 2 heterocycles. The van der Waals surface area contributed by atoms with Crippen LogP contribution < -0.4 is 21.3 Å². The van der Waals surface area contributed by atoms with Gasteiger partial charge in [-0.15, -0.1) is 11.8 Å². The molecular weight excluding hydrogens is 434 g/mol. The molecule has 0 spiro atoms. The van der Waals surface area contributed by atoms with Crippen LogP contribution in [0.4, 0.5) is 39.3 Å². The molecule has 0 bridgehead atoms. The molecule has 0 fully saturated rings. The minimum Gasteiger partial charge on any atom is -0.340 e. The molecule has 0 saturated heterocycles. The number of carbonyl (C=O) groups is 1. The quantitative estimate of drug-likeness (QED) is 0.251. The summed E-state index contributed by atoms with van der Waals surface area (Å²) in [7, 11) is 0. The van der Waals surface area contributed by atoms with Crippen molar-refractivity contribution in [3.05, 3.63) is 84.8 Å². The first-order valence-corrected chi connectivity index (χ1v) is 11.4. The van der Waals surface area contributed by atoms with Crippen LogP contribution in [0.1, 0.15) is 5.56 Å². The van der Waals surface area contributed by atoms with Crippen molar-refractivity contribution in [1.29, 1.82) is 0 Å². The Bertz CT molecular complexity index is 1250. The highest BCUT2D eigenvalue weighted by Crippen LogP contribution is 2.21. The summed E-state index contributed by atoms with van der Waals surface area (Å²) < 4.78 is 0. The first-order chi connectivity index (χ1) is 16.1. The Morgan fingerprint density at radius 2 is 1.45 bits per heavy atom. The molecule has 0 aliphatic rings. The normalized spacial score (nSPS) is 10.4. The van der Waals surface area contributed by atoms with E-state index in [-0.39, 0.29) is 6.03 Å². The van der Waals surface area contributed by atoms with Crippen molar-refractivity contribution in [2.24, 2.45) is 0 Å². The summed E-state index contributed by atoms with van der Waals surface area (Å²) in [5.41, 5.74) is 3.35. The van der Waals surface area contributed by atoms with E-state index in [1.165, 1.54) is 6.33 Å².